The second-order valence-electron chi connectivity index (χ2n) is 4.44. The van der Waals surface area contributed by atoms with Gasteiger partial charge in [0, 0.05) is 18.8 Å². The van der Waals surface area contributed by atoms with Gasteiger partial charge in [-0.3, -0.25) is 4.68 Å². The predicted molar refractivity (Wildman–Crippen MR) is 61.9 cm³/mol. The highest BCUT2D eigenvalue weighted by Crippen LogP contribution is 2.44. The standard InChI is InChI=1S/C12H21N3/c1-4-10-11(6-12(10)13-3)9-7-14-15(5-2)8-9/h7-8,10-13H,4-6H2,1-3H3. The third kappa shape index (κ3) is 1.81. The Bertz CT molecular complexity index is 318. The maximum atomic E-state index is 4.35. The van der Waals surface area contributed by atoms with E-state index in [1.165, 1.54) is 18.4 Å². The van der Waals surface area contributed by atoms with Gasteiger partial charge >= 0.3 is 0 Å². The molecule has 3 heteroatoms. The van der Waals surface area contributed by atoms with Gasteiger partial charge in [0.2, 0.25) is 0 Å². The van der Waals surface area contributed by atoms with Gasteiger partial charge in [0.15, 0.2) is 0 Å². The maximum absolute atomic E-state index is 4.35. The minimum atomic E-state index is 0.713. The fourth-order valence-electron chi connectivity index (χ4n) is 2.74. The van der Waals surface area contributed by atoms with Crippen LogP contribution in [-0.4, -0.2) is 22.9 Å². The molecule has 1 N–H and O–H groups in total. The summed E-state index contributed by atoms with van der Waals surface area (Å²) in [5.41, 5.74) is 1.43. The summed E-state index contributed by atoms with van der Waals surface area (Å²) >= 11 is 0. The number of hydrogen-bond donors (Lipinski definition) is 1. The zero-order chi connectivity index (χ0) is 10.8. The molecular weight excluding hydrogens is 186 g/mol. The molecule has 0 aromatic carbocycles. The van der Waals surface area contributed by atoms with E-state index in [2.05, 4.69) is 37.5 Å². The number of aromatic nitrogens is 2. The average Bonchev–Trinajstić information content (AvgIpc) is 2.66. The molecule has 0 bridgehead atoms. The topological polar surface area (TPSA) is 29.9 Å². The summed E-state index contributed by atoms with van der Waals surface area (Å²) in [6.45, 7) is 5.38. The van der Waals surface area contributed by atoms with Gasteiger partial charge in [-0.25, -0.2) is 0 Å². The van der Waals surface area contributed by atoms with E-state index < -0.39 is 0 Å². The van der Waals surface area contributed by atoms with Crippen LogP contribution >= 0.6 is 0 Å². The minimum Gasteiger partial charge on any atom is -0.317 e. The molecule has 1 aliphatic carbocycles. The molecule has 2 rings (SSSR count). The summed E-state index contributed by atoms with van der Waals surface area (Å²) in [5.74, 6) is 1.53. The SMILES string of the molecule is CCC1C(NC)CC1c1cnn(CC)c1. The number of rotatable bonds is 4. The molecular formula is C12H21N3. The van der Waals surface area contributed by atoms with Crippen LogP contribution < -0.4 is 5.32 Å². The summed E-state index contributed by atoms with van der Waals surface area (Å²) in [4.78, 5) is 0. The molecule has 0 aliphatic heterocycles. The van der Waals surface area contributed by atoms with Gasteiger partial charge < -0.3 is 5.32 Å². The molecule has 15 heavy (non-hydrogen) atoms. The normalized spacial score (nSPS) is 30.2. The lowest BCUT2D eigenvalue weighted by Crippen LogP contribution is -2.47. The van der Waals surface area contributed by atoms with Crippen LogP contribution in [0.15, 0.2) is 12.4 Å². The molecule has 1 fully saturated rings. The van der Waals surface area contributed by atoms with Crippen LogP contribution in [-0.2, 0) is 6.54 Å². The van der Waals surface area contributed by atoms with Gasteiger partial charge in [0.05, 0.1) is 6.20 Å². The Morgan fingerprint density at radius 1 is 1.53 bits per heavy atom. The molecule has 0 saturated heterocycles. The van der Waals surface area contributed by atoms with Crippen molar-refractivity contribution >= 4 is 0 Å². The van der Waals surface area contributed by atoms with Crippen molar-refractivity contribution < 1.29 is 0 Å². The summed E-state index contributed by atoms with van der Waals surface area (Å²) in [5, 5.41) is 7.75. The number of nitrogens with one attached hydrogen (secondary N) is 1. The van der Waals surface area contributed by atoms with Crippen molar-refractivity contribution in [2.24, 2.45) is 5.92 Å². The molecule has 1 heterocycles. The minimum absolute atomic E-state index is 0.713. The number of nitrogens with zero attached hydrogens (tertiary/aromatic N) is 2. The fourth-order valence-corrected chi connectivity index (χ4v) is 2.74. The predicted octanol–water partition coefficient (Wildman–Crippen LogP) is 2.00. The Hall–Kier alpha value is -0.830. The monoisotopic (exact) mass is 207 g/mol. The van der Waals surface area contributed by atoms with E-state index in [9.17, 15) is 0 Å². The number of aryl methyl sites for hydroxylation is 1. The third-order valence-corrected chi connectivity index (χ3v) is 3.79. The molecule has 3 unspecified atom stereocenters. The van der Waals surface area contributed by atoms with E-state index in [1.54, 1.807) is 0 Å². The smallest absolute Gasteiger partial charge is 0.0524 e. The van der Waals surface area contributed by atoms with E-state index >= 15 is 0 Å². The first-order valence-electron chi connectivity index (χ1n) is 5.99. The van der Waals surface area contributed by atoms with Crippen LogP contribution in [0.2, 0.25) is 0 Å². The van der Waals surface area contributed by atoms with Crippen molar-refractivity contribution in [1.82, 2.24) is 15.1 Å². The maximum Gasteiger partial charge on any atom is 0.0524 e. The van der Waals surface area contributed by atoms with E-state index in [0.29, 0.717) is 6.04 Å². The Labute approximate surface area is 91.9 Å². The average molecular weight is 207 g/mol. The van der Waals surface area contributed by atoms with Crippen LogP contribution in [0.5, 0.6) is 0 Å². The van der Waals surface area contributed by atoms with Crippen molar-refractivity contribution in [2.45, 2.75) is 45.2 Å². The van der Waals surface area contributed by atoms with Gasteiger partial charge in [0.1, 0.15) is 0 Å². The quantitative estimate of drug-likeness (QED) is 0.818. The highest BCUT2D eigenvalue weighted by molar-refractivity contribution is 5.19. The molecule has 0 radical (unpaired) electrons. The Kier molecular flexibility index (Phi) is 3.10. The Morgan fingerprint density at radius 2 is 2.33 bits per heavy atom. The first kappa shape index (κ1) is 10.7. The van der Waals surface area contributed by atoms with Gasteiger partial charge in [-0.1, -0.05) is 13.3 Å². The lowest BCUT2D eigenvalue weighted by Gasteiger charge is -2.44. The highest BCUT2D eigenvalue weighted by Gasteiger charge is 2.39. The van der Waals surface area contributed by atoms with Gasteiger partial charge in [0.25, 0.3) is 0 Å². The molecule has 1 aromatic rings. The Balaban J connectivity index is 2.06. The molecule has 1 aliphatic rings. The van der Waals surface area contributed by atoms with Gasteiger partial charge in [-0.05, 0) is 37.8 Å². The zero-order valence-electron chi connectivity index (χ0n) is 9.90. The molecule has 1 aromatic heterocycles. The van der Waals surface area contributed by atoms with Crippen molar-refractivity contribution in [2.75, 3.05) is 7.05 Å². The molecule has 1 saturated carbocycles. The highest BCUT2D eigenvalue weighted by atomic mass is 15.3. The molecule has 0 spiro atoms. The first-order valence-corrected chi connectivity index (χ1v) is 5.99. The van der Waals surface area contributed by atoms with Crippen molar-refractivity contribution in [3.05, 3.63) is 18.0 Å². The largest absolute Gasteiger partial charge is 0.317 e. The summed E-state index contributed by atoms with van der Waals surface area (Å²) in [6.07, 6.45) is 6.78. The Morgan fingerprint density at radius 3 is 2.87 bits per heavy atom. The molecule has 3 atom stereocenters. The van der Waals surface area contributed by atoms with E-state index in [-0.39, 0.29) is 0 Å². The molecule has 84 valence electrons. The van der Waals surface area contributed by atoms with Crippen LogP contribution in [0.25, 0.3) is 0 Å². The number of hydrogen-bond acceptors (Lipinski definition) is 2. The van der Waals surface area contributed by atoms with Crippen LogP contribution in [0.1, 0.15) is 38.2 Å². The van der Waals surface area contributed by atoms with Crippen molar-refractivity contribution in [3.63, 3.8) is 0 Å². The summed E-state index contributed by atoms with van der Waals surface area (Å²) in [7, 11) is 2.07. The third-order valence-electron chi connectivity index (χ3n) is 3.79. The van der Waals surface area contributed by atoms with Gasteiger partial charge in [-0.15, -0.1) is 0 Å². The van der Waals surface area contributed by atoms with Crippen molar-refractivity contribution in [3.8, 4) is 0 Å². The van der Waals surface area contributed by atoms with E-state index in [0.717, 1.165) is 18.4 Å². The zero-order valence-corrected chi connectivity index (χ0v) is 9.90. The molecule has 3 nitrogen and oxygen atoms in total. The second kappa shape index (κ2) is 4.35. The molecule has 0 amide bonds. The van der Waals surface area contributed by atoms with Crippen LogP contribution in [0, 0.1) is 5.92 Å². The first-order chi connectivity index (χ1) is 7.30. The second-order valence-corrected chi connectivity index (χ2v) is 4.44. The van der Waals surface area contributed by atoms with Crippen molar-refractivity contribution in [1.29, 1.82) is 0 Å². The lowest BCUT2D eigenvalue weighted by atomic mass is 9.65. The van der Waals surface area contributed by atoms with Crippen LogP contribution in [0.4, 0.5) is 0 Å². The fraction of sp³-hybridized carbons (Fsp3) is 0.750. The summed E-state index contributed by atoms with van der Waals surface area (Å²) in [6, 6.07) is 0.713. The summed E-state index contributed by atoms with van der Waals surface area (Å²) < 4.78 is 2.02. The lowest BCUT2D eigenvalue weighted by molar-refractivity contribution is 0.169. The van der Waals surface area contributed by atoms with Crippen LogP contribution in [0.3, 0.4) is 0 Å². The van der Waals surface area contributed by atoms with E-state index in [4.69, 9.17) is 0 Å². The van der Waals surface area contributed by atoms with Gasteiger partial charge in [-0.2, -0.15) is 5.10 Å². The van der Waals surface area contributed by atoms with E-state index in [1.807, 2.05) is 10.9 Å².